The van der Waals surface area contributed by atoms with Gasteiger partial charge in [0.05, 0.1) is 0 Å². The van der Waals surface area contributed by atoms with Crippen molar-refractivity contribution >= 4 is 5.69 Å². The molecule has 1 aromatic heterocycles. The van der Waals surface area contributed by atoms with Crippen molar-refractivity contribution in [2.24, 2.45) is 5.92 Å². The third-order valence-electron chi connectivity index (χ3n) is 4.03. The molecular weight excluding hydrogens is 238 g/mol. The maximum Gasteiger partial charge on any atom is 0.184 e. The number of aryl methyl sites for hydroxylation is 2. The van der Waals surface area contributed by atoms with E-state index in [1.54, 1.807) is 0 Å². The molecule has 0 atom stereocenters. The monoisotopic (exact) mass is 257 g/mol. The molecule has 19 heavy (non-hydrogen) atoms. The van der Waals surface area contributed by atoms with E-state index in [4.69, 9.17) is 5.73 Å². The minimum atomic E-state index is 0.736. The molecular formula is C14H19N5. The van der Waals surface area contributed by atoms with Gasteiger partial charge >= 0.3 is 0 Å². The largest absolute Gasteiger partial charge is 0.398 e. The topological polar surface area (TPSA) is 69.6 Å². The average molecular weight is 257 g/mol. The van der Waals surface area contributed by atoms with E-state index in [0.29, 0.717) is 0 Å². The first-order valence-electron chi connectivity index (χ1n) is 6.87. The minimum Gasteiger partial charge on any atom is -0.398 e. The number of tetrazole rings is 1. The highest BCUT2D eigenvalue weighted by molar-refractivity contribution is 5.74. The first-order chi connectivity index (χ1) is 9.25. The molecule has 100 valence electrons. The fourth-order valence-electron chi connectivity index (χ4n) is 2.62. The second kappa shape index (κ2) is 4.99. The van der Waals surface area contributed by atoms with Gasteiger partial charge in [0, 0.05) is 17.8 Å². The summed E-state index contributed by atoms with van der Waals surface area (Å²) < 4.78 is 1.89. The summed E-state index contributed by atoms with van der Waals surface area (Å²) >= 11 is 0. The highest BCUT2D eigenvalue weighted by Gasteiger charge is 2.19. The molecule has 0 aliphatic heterocycles. The lowest BCUT2D eigenvalue weighted by Gasteiger charge is -2.25. The van der Waals surface area contributed by atoms with Gasteiger partial charge in [0.2, 0.25) is 0 Å². The van der Waals surface area contributed by atoms with Crippen molar-refractivity contribution < 1.29 is 0 Å². The summed E-state index contributed by atoms with van der Waals surface area (Å²) in [5.74, 6) is 1.64. The standard InChI is InChI=1S/C14H19N5/c1-10-4-2-7-12(15)13(10)14-16-17-18-19(14)9-8-11-5-3-6-11/h2,4,7,11H,3,5-6,8-9,15H2,1H3. The zero-order chi connectivity index (χ0) is 13.2. The molecule has 1 aromatic carbocycles. The Morgan fingerprint density at radius 1 is 1.37 bits per heavy atom. The van der Waals surface area contributed by atoms with Crippen LogP contribution in [0, 0.1) is 12.8 Å². The zero-order valence-corrected chi connectivity index (χ0v) is 11.2. The first kappa shape index (κ1) is 12.1. The van der Waals surface area contributed by atoms with Crippen LogP contribution in [0.15, 0.2) is 18.2 Å². The van der Waals surface area contributed by atoms with Crippen LogP contribution >= 0.6 is 0 Å². The van der Waals surface area contributed by atoms with Crippen LogP contribution in [0.25, 0.3) is 11.4 Å². The molecule has 5 nitrogen and oxygen atoms in total. The Kier molecular flexibility index (Phi) is 3.19. The van der Waals surface area contributed by atoms with Gasteiger partial charge in [-0.3, -0.25) is 0 Å². The summed E-state index contributed by atoms with van der Waals surface area (Å²) in [5.41, 5.74) is 8.87. The Labute approximate surface area is 112 Å². The first-order valence-corrected chi connectivity index (χ1v) is 6.87. The van der Waals surface area contributed by atoms with Gasteiger partial charge in [0.15, 0.2) is 5.82 Å². The van der Waals surface area contributed by atoms with Crippen LogP contribution < -0.4 is 5.73 Å². The molecule has 0 amide bonds. The normalized spacial score (nSPS) is 15.4. The van der Waals surface area contributed by atoms with Crippen molar-refractivity contribution in [3.05, 3.63) is 23.8 Å². The number of anilines is 1. The van der Waals surface area contributed by atoms with Gasteiger partial charge < -0.3 is 5.73 Å². The molecule has 3 rings (SSSR count). The second-order valence-corrected chi connectivity index (χ2v) is 5.35. The van der Waals surface area contributed by atoms with Crippen LogP contribution in [0.2, 0.25) is 0 Å². The Bertz CT molecular complexity index is 551. The molecule has 1 fully saturated rings. The van der Waals surface area contributed by atoms with Crippen molar-refractivity contribution in [2.75, 3.05) is 5.73 Å². The Morgan fingerprint density at radius 3 is 2.89 bits per heavy atom. The van der Waals surface area contributed by atoms with Gasteiger partial charge in [0.25, 0.3) is 0 Å². The van der Waals surface area contributed by atoms with E-state index in [1.807, 2.05) is 29.8 Å². The van der Waals surface area contributed by atoms with Gasteiger partial charge in [-0.25, -0.2) is 4.68 Å². The number of aromatic nitrogens is 4. The van der Waals surface area contributed by atoms with Crippen LogP contribution in [0.5, 0.6) is 0 Å². The molecule has 0 unspecified atom stereocenters. The van der Waals surface area contributed by atoms with Gasteiger partial charge in [-0.05, 0) is 41.3 Å². The highest BCUT2D eigenvalue weighted by Crippen LogP contribution is 2.31. The molecule has 5 heteroatoms. The summed E-state index contributed by atoms with van der Waals surface area (Å²) in [7, 11) is 0. The Morgan fingerprint density at radius 2 is 2.21 bits per heavy atom. The maximum atomic E-state index is 6.07. The van der Waals surface area contributed by atoms with Gasteiger partial charge in [0.1, 0.15) is 0 Å². The predicted molar refractivity (Wildman–Crippen MR) is 74.4 cm³/mol. The molecule has 0 bridgehead atoms. The van der Waals surface area contributed by atoms with Crippen LogP contribution in [-0.4, -0.2) is 20.2 Å². The number of nitrogens with two attached hydrogens (primary N) is 1. The van der Waals surface area contributed by atoms with E-state index in [9.17, 15) is 0 Å². The maximum absolute atomic E-state index is 6.07. The van der Waals surface area contributed by atoms with Crippen LogP contribution in [-0.2, 0) is 6.54 Å². The quantitative estimate of drug-likeness (QED) is 0.854. The van der Waals surface area contributed by atoms with E-state index in [0.717, 1.165) is 41.5 Å². The number of hydrogen-bond acceptors (Lipinski definition) is 4. The molecule has 0 spiro atoms. The van der Waals surface area contributed by atoms with Crippen molar-refractivity contribution in [3.8, 4) is 11.4 Å². The number of nitrogens with zero attached hydrogens (tertiary/aromatic N) is 4. The van der Waals surface area contributed by atoms with Crippen molar-refractivity contribution in [2.45, 2.75) is 39.2 Å². The summed E-state index contributed by atoms with van der Waals surface area (Å²) in [5, 5.41) is 12.1. The predicted octanol–water partition coefficient (Wildman–Crippen LogP) is 2.42. The summed E-state index contributed by atoms with van der Waals surface area (Å²) in [6.07, 6.45) is 5.23. The molecule has 1 saturated carbocycles. The van der Waals surface area contributed by atoms with Gasteiger partial charge in [-0.15, -0.1) is 5.10 Å². The fraction of sp³-hybridized carbons (Fsp3) is 0.500. The van der Waals surface area contributed by atoms with Crippen LogP contribution in [0.4, 0.5) is 5.69 Å². The molecule has 2 N–H and O–H groups in total. The van der Waals surface area contributed by atoms with E-state index in [-0.39, 0.29) is 0 Å². The Balaban J connectivity index is 1.86. The lowest BCUT2D eigenvalue weighted by Crippen LogP contribution is -2.15. The summed E-state index contributed by atoms with van der Waals surface area (Å²) in [4.78, 5) is 0. The fourth-order valence-corrected chi connectivity index (χ4v) is 2.62. The van der Waals surface area contributed by atoms with E-state index < -0.39 is 0 Å². The lowest BCUT2D eigenvalue weighted by atomic mass is 9.83. The summed E-state index contributed by atoms with van der Waals surface area (Å²) in [6.45, 7) is 2.91. The number of benzene rings is 1. The molecule has 0 saturated heterocycles. The van der Waals surface area contributed by atoms with Crippen LogP contribution in [0.1, 0.15) is 31.2 Å². The molecule has 1 aliphatic carbocycles. The highest BCUT2D eigenvalue weighted by atomic mass is 15.5. The van der Waals surface area contributed by atoms with Crippen LogP contribution in [0.3, 0.4) is 0 Å². The minimum absolute atomic E-state index is 0.736. The molecule has 1 aliphatic rings. The third-order valence-corrected chi connectivity index (χ3v) is 4.03. The van der Waals surface area contributed by atoms with Crippen molar-refractivity contribution in [1.82, 2.24) is 20.2 Å². The lowest BCUT2D eigenvalue weighted by molar-refractivity contribution is 0.277. The smallest absolute Gasteiger partial charge is 0.184 e. The average Bonchev–Trinajstić information content (AvgIpc) is 2.75. The zero-order valence-electron chi connectivity index (χ0n) is 11.2. The number of hydrogen-bond donors (Lipinski definition) is 1. The second-order valence-electron chi connectivity index (χ2n) is 5.35. The molecule has 2 aromatic rings. The van der Waals surface area contributed by atoms with E-state index in [1.165, 1.54) is 19.3 Å². The summed E-state index contributed by atoms with van der Waals surface area (Å²) in [6, 6.07) is 5.89. The third kappa shape index (κ3) is 2.32. The number of nitrogen functional groups attached to an aromatic ring is 1. The van der Waals surface area contributed by atoms with E-state index >= 15 is 0 Å². The van der Waals surface area contributed by atoms with Crippen molar-refractivity contribution in [3.63, 3.8) is 0 Å². The molecule has 1 heterocycles. The SMILES string of the molecule is Cc1cccc(N)c1-c1nnnn1CCC1CCC1. The van der Waals surface area contributed by atoms with Gasteiger partial charge in [-0.1, -0.05) is 31.4 Å². The van der Waals surface area contributed by atoms with E-state index in [2.05, 4.69) is 15.5 Å². The van der Waals surface area contributed by atoms with Gasteiger partial charge in [-0.2, -0.15) is 0 Å². The Hall–Kier alpha value is -1.91. The number of rotatable bonds is 4. The van der Waals surface area contributed by atoms with Crippen molar-refractivity contribution in [1.29, 1.82) is 0 Å². The molecule has 0 radical (unpaired) electrons.